The number of benzene rings is 3. The van der Waals surface area contributed by atoms with E-state index in [2.05, 4.69) is 15.5 Å². The molecule has 8 nitrogen and oxygen atoms in total. The topological polar surface area (TPSA) is 90.5 Å². The molecular weight excluding hydrogens is 466 g/mol. The molecule has 9 heteroatoms. The minimum Gasteiger partial charge on any atom is -0.454 e. The summed E-state index contributed by atoms with van der Waals surface area (Å²) in [5.74, 6) is 0.322. The summed E-state index contributed by atoms with van der Waals surface area (Å²) in [4.78, 5) is 25.6. The van der Waals surface area contributed by atoms with Crippen LogP contribution in [0.25, 0.3) is 16.7 Å². The van der Waals surface area contributed by atoms with Crippen molar-refractivity contribution in [3.8, 4) is 0 Å². The number of nitrogens with zero attached hydrogens (tertiary/aromatic N) is 4. The number of carbonyl (C=O) groups is 1. The van der Waals surface area contributed by atoms with Gasteiger partial charge in [0.15, 0.2) is 12.4 Å². The number of anilines is 1. The van der Waals surface area contributed by atoms with Gasteiger partial charge in [0.05, 0.1) is 16.5 Å². The summed E-state index contributed by atoms with van der Waals surface area (Å²) in [5.41, 5.74) is 2.75. The molecule has 0 bridgehead atoms. The van der Waals surface area contributed by atoms with Crippen LogP contribution in [0.3, 0.4) is 0 Å². The van der Waals surface area contributed by atoms with Gasteiger partial charge in [-0.1, -0.05) is 48.0 Å². The van der Waals surface area contributed by atoms with E-state index in [1.165, 1.54) is 4.57 Å². The zero-order chi connectivity index (χ0) is 24.4. The van der Waals surface area contributed by atoms with Gasteiger partial charge in [-0.2, -0.15) is 0 Å². The Labute approximate surface area is 205 Å². The van der Waals surface area contributed by atoms with Gasteiger partial charge in [0.2, 0.25) is 5.78 Å². The largest absolute Gasteiger partial charge is 0.454 e. The second-order valence-corrected chi connectivity index (χ2v) is 8.49. The highest BCUT2D eigenvalue weighted by Crippen LogP contribution is 2.19. The van der Waals surface area contributed by atoms with Gasteiger partial charge >= 0.3 is 5.97 Å². The number of halogens is 1. The molecule has 0 fully saturated rings. The van der Waals surface area contributed by atoms with Crippen LogP contribution in [0.15, 0.2) is 77.6 Å². The minimum absolute atomic E-state index is 0.0959. The van der Waals surface area contributed by atoms with E-state index in [0.717, 1.165) is 12.0 Å². The van der Waals surface area contributed by atoms with E-state index in [0.29, 0.717) is 45.3 Å². The van der Waals surface area contributed by atoms with Crippen molar-refractivity contribution in [2.24, 2.45) is 7.05 Å². The van der Waals surface area contributed by atoms with Crippen LogP contribution in [-0.2, 0) is 24.8 Å². The number of aromatic nitrogens is 4. The summed E-state index contributed by atoms with van der Waals surface area (Å²) in [6.07, 6.45) is 0.776. The fraction of sp³-hybridized carbons (Fsp3) is 0.154. The molecule has 0 saturated carbocycles. The second-order valence-electron chi connectivity index (χ2n) is 8.06. The Morgan fingerprint density at radius 2 is 1.74 bits per heavy atom. The van der Waals surface area contributed by atoms with E-state index in [1.54, 1.807) is 35.7 Å². The standard InChI is InChI=1S/C26H22ClN5O3/c1-31-24(33)20-7-3-5-9-22(20)32-23(29-30-26(31)32)16-35-25(34)19-6-2-4-8-21(19)28-15-14-17-10-12-18(27)13-11-17/h2-13,28H,14-16H2,1H3. The van der Waals surface area contributed by atoms with Crippen LogP contribution in [-0.4, -0.2) is 31.7 Å². The number of ether oxygens (including phenoxy) is 1. The molecule has 3 aromatic carbocycles. The molecule has 1 N–H and O–H groups in total. The van der Waals surface area contributed by atoms with Crippen LogP contribution in [0, 0.1) is 0 Å². The number of aryl methyl sites for hydroxylation is 1. The average molecular weight is 488 g/mol. The number of hydrogen-bond acceptors (Lipinski definition) is 6. The molecule has 0 aliphatic rings. The molecule has 0 saturated heterocycles. The van der Waals surface area contributed by atoms with Crippen molar-refractivity contribution in [2.45, 2.75) is 13.0 Å². The van der Waals surface area contributed by atoms with Crippen LogP contribution in [0.2, 0.25) is 5.02 Å². The summed E-state index contributed by atoms with van der Waals surface area (Å²) in [6, 6.07) is 22.1. The normalized spacial score (nSPS) is 11.1. The monoisotopic (exact) mass is 487 g/mol. The molecule has 2 aromatic heterocycles. The number of rotatable bonds is 7. The third kappa shape index (κ3) is 4.48. The Morgan fingerprint density at radius 3 is 2.57 bits per heavy atom. The molecule has 0 spiro atoms. The predicted molar refractivity (Wildman–Crippen MR) is 135 cm³/mol. The third-order valence-corrected chi connectivity index (χ3v) is 6.07. The fourth-order valence-corrected chi connectivity index (χ4v) is 4.13. The summed E-state index contributed by atoms with van der Waals surface area (Å²) < 4.78 is 8.78. The highest BCUT2D eigenvalue weighted by Gasteiger charge is 2.17. The van der Waals surface area contributed by atoms with E-state index in [-0.39, 0.29) is 12.2 Å². The molecule has 0 unspecified atom stereocenters. The zero-order valence-electron chi connectivity index (χ0n) is 18.9. The maximum absolute atomic E-state index is 13.0. The average Bonchev–Trinajstić information content (AvgIpc) is 3.32. The Balaban J connectivity index is 1.33. The number of fused-ring (bicyclic) bond motifs is 3. The van der Waals surface area contributed by atoms with Gasteiger partial charge in [-0.3, -0.25) is 13.8 Å². The third-order valence-electron chi connectivity index (χ3n) is 5.81. The number of nitrogens with one attached hydrogen (secondary N) is 1. The number of carbonyl (C=O) groups excluding carboxylic acids is 1. The highest BCUT2D eigenvalue weighted by molar-refractivity contribution is 6.30. The van der Waals surface area contributed by atoms with Gasteiger partial charge < -0.3 is 10.1 Å². The van der Waals surface area contributed by atoms with Crippen molar-refractivity contribution in [3.63, 3.8) is 0 Å². The quantitative estimate of drug-likeness (QED) is 0.345. The first-order valence-corrected chi connectivity index (χ1v) is 11.5. The fourth-order valence-electron chi connectivity index (χ4n) is 4.00. The maximum atomic E-state index is 13.0. The Kier molecular flexibility index (Phi) is 6.20. The molecular formula is C26H22ClN5O3. The van der Waals surface area contributed by atoms with E-state index in [9.17, 15) is 9.59 Å². The van der Waals surface area contributed by atoms with Crippen LogP contribution in [0.1, 0.15) is 21.7 Å². The number of para-hydroxylation sites is 2. The van der Waals surface area contributed by atoms with Crippen molar-refractivity contribution in [1.29, 1.82) is 0 Å². The van der Waals surface area contributed by atoms with Crippen LogP contribution in [0.5, 0.6) is 0 Å². The molecule has 35 heavy (non-hydrogen) atoms. The lowest BCUT2D eigenvalue weighted by Crippen LogP contribution is -2.20. The van der Waals surface area contributed by atoms with Gasteiger partial charge in [-0.15, -0.1) is 10.2 Å². The first-order chi connectivity index (χ1) is 17.0. The summed E-state index contributed by atoms with van der Waals surface area (Å²) >= 11 is 5.95. The van der Waals surface area contributed by atoms with E-state index >= 15 is 0 Å². The van der Waals surface area contributed by atoms with Crippen molar-refractivity contribution in [2.75, 3.05) is 11.9 Å². The van der Waals surface area contributed by atoms with Crippen LogP contribution >= 0.6 is 11.6 Å². The van der Waals surface area contributed by atoms with Gasteiger partial charge in [0.1, 0.15) is 0 Å². The van der Waals surface area contributed by atoms with E-state index in [4.69, 9.17) is 16.3 Å². The molecule has 0 aliphatic heterocycles. The Hall–Kier alpha value is -4.17. The Bertz CT molecular complexity index is 1590. The zero-order valence-corrected chi connectivity index (χ0v) is 19.7. The molecule has 176 valence electrons. The Morgan fingerprint density at radius 1 is 1.00 bits per heavy atom. The molecule has 0 atom stereocenters. The first kappa shape index (κ1) is 22.6. The smallest absolute Gasteiger partial charge is 0.340 e. The summed E-state index contributed by atoms with van der Waals surface area (Å²) in [6.45, 7) is 0.544. The second kappa shape index (κ2) is 9.60. The molecule has 2 heterocycles. The lowest BCUT2D eigenvalue weighted by Gasteiger charge is -2.12. The SMILES string of the molecule is Cn1c(=O)c2ccccc2n2c(COC(=O)c3ccccc3NCCc3ccc(Cl)cc3)nnc12. The van der Waals surface area contributed by atoms with E-state index in [1.807, 2.05) is 48.5 Å². The molecule has 0 aliphatic carbocycles. The lowest BCUT2D eigenvalue weighted by atomic mass is 10.1. The van der Waals surface area contributed by atoms with Crippen molar-refractivity contribution >= 4 is 39.9 Å². The predicted octanol–water partition coefficient (Wildman–Crippen LogP) is 4.25. The number of esters is 1. The lowest BCUT2D eigenvalue weighted by molar-refractivity contribution is 0.0462. The van der Waals surface area contributed by atoms with Gasteiger partial charge in [0.25, 0.3) is 5.56 Å². The molecule has 0 radical (unpaired) electrons. The summed E-state index contributed by atoms with van der Waals surface area (Å²) in [7, 11) is 1.64. The van der Waals surface area contributed by atoms with Crippen molar-refractivity contribution in [1.82, 2.24) is 19.2 Å². The highest BCUT2D eigenvalue weighted by atomic mass is 35.5. The van der Waals surface area contributed by atoms with Crippen molar-refractivity contribution < 1.29 is 9.53 Å². The molecule has 5 rings (SSSR count). The van der Waals surface area contributed by atoms with Gasteiger partial charge in [-0.25, -0.2) is 4.79 Å². The maximum Gasteiger partial charge on any atom is 0.340 e. The van der Waals surface area contributed by atoms with Gasteiger partial charge in [0, 0.05) is 24.3 Å². The van der Waals surface area contributed by atoms with Crippen LogP contribution in [0.4, 0.5) is 5.69 Å². The van der Waals surface area contributed by atoms with Crippen LogP contribution < -0.4 is 10.9 Å². The molecule has 5 aromatic rings. The minimum atomic E-state index is -0.481. The van der Waals surface area contributed by atoms with Gasteiger partial charge in [-0.05, 0) is 48.4 Å². The van der Waals surface area contributed by atoms with E-state index < -0.39 is 5.97 Å². The summed E-state index contributed by atoms with van der Waals surface area (Å²) in [5, 5.41) is 12.9. The first-order valence-electron chi connectivity index (χ1n) is 11.1. The molecule has 0 amide bonds. The van der Waals surface area contributed by atoms with Crippen molar-refractivity contribution in [3.05, 3.63) is 105 Å². The number of hydrogen-bond donors (Lipinski definition) is 1.